The number of aromatic amines is 1. The predicted molar refractivity (Wildman–Crippen MR) is 78.3 cm³/mol. The standard InChI is InChI=1S/C15H21N5/c1-11(2)20-7-3-4-12(10-20)14-15(17-6-5-16-14)13-8-18-19-9-13/h5-6,8-9,11-12H,3-4,7,10H2,1-2H3,(H,18,19)/t12-/m0/s1. The van der Waals surface area contributed by atoms with Gasteiger partial charge in [0.05, 0.1) is 17.6 Å². The highest BCUT2D eigenvalue weighted by molar-refractivity contribution is 5.60. The Bertz CT molecular complexity index is 549. The van der Waals surface area contributed by atoms with E-state index in [1.54, 1.807) is 12.4 Å². The van der Waals surface area contributed by atoms with E-state index in [0.29, 0.717) is 12.0 Å². The van der Waals surface area contributed by atoms with E-state index in [9.17, 15) is 0 Å². The summed E-state index contributed by atoms with van der Waals surface area (Å²) >= 11 is 0. The second-order valence-electron chi connectivity index (χ2n) is 5.71. The van der Waals surface area contributed by atoms with Crippen LogP contribution < -0.4 is 0 Å². The van der Waals surface area contributed by atoms with Gasteiger partial charge >= 0.3 is 0 Å². The van der Waals surface area contributed by atoms with Crippen molar-refractivity contribution in [2.75, 3.05) is 13.1 Å². The molecule has 106 valence electrons. The van der Waals surface area contributed by atoms with Gasteiger partial charge in [-0.2, -0.15) is 5.10 Å². The van der Waals surface area contributed by atoms with E-state index in [-0.39, 0.29) is 0 Å². The number of piperidine rings is 1. The Labute approximate surface area is 119 Å². The van der Waals surface area contributed by atoms with Crippen LogP contribution in [0.25, 0.3) is 11.3 Å². The lowest BCUT2D eigenvalue weighted by Crippen LogP contribution is -2.39. The lowest BCUT2D eigenvalue weighted by atomic mass is 9.91. The van der Waals surface area contributed by atoms with Crippen LogP contribution in [0.2, 0.25) is 0 Å². The maximum atomic E-state index is 4.62. The van der Waals surface area contributed by atoms with Gasteiger partial charge < -0.3 is 4.90 Å². The van der Waals surface area contributed by atoms with Crippen molar-refractivity contribution in [1.29, 1.82) is 0 Å². The topological polar surface area (TPSA) is 57.7 Å². The normalized spacial score (nSPS) is 20.4. The molecule has 5 heteroatoms. The Morgan fingerprint density at radius 3 is 2.90 bits per heavy atom. The molecule has 1 atom stereocenters. The van der Waals surface area contributed by atoms with Crippen molar-refractivity contribution in [3.8, 4) is 11.3 Å². The Morgan fingerprint density at radius 1 is 1.30 bits per heavy atom. The van der Waals surface area contributed by atoms with E-state index in [4.69, 9.17) is 0 Å². The van der Waals surface area contributed by atoms with Crippen LogP contribution in [-0.2, 0) is 0 Å². The van der Waals surface area contributed by atoms with Gasteiger partial charge in [0.1, 0.15) is 0 Å². The zero-order valence-corrected chi connectivity index (χ0v) is 12.1. The van der Waals surface area contributed by atoms with E-state index < -0.39 is 0 Å². The first-order valence-electron chi connectivity index (χ1n) is 7.30. The molecular formula is C15H21N5. The third-order valence-corrected chi connectivity index (χ3v) is 4.07. The largest absolute Gasteiger partial charge is 0.300 e. The van der Waals surface area contributed by atoms with E-state index >= 15 is 0 Å². The number of nitrogens with one attached hydrogen (secondary N) is 1. The summed E-state index contributed by atoms with van der Waals surface area (Å²) < 4.78 is 0. The molecule has 0 amide bonds. The number of H-pyrrole nitrogens is 1. The van der Waals surface area contributed by atoms with Gasteiger partial charge in [-0.3, -0.25) is 15.1 Å². The fraction of sp³-hybridized carbons (Fsp3) is 0.533. The SMILES string of the molecule is CC(C)N1CCC[C@H](c2nccnc2-c2cn[nH]c2)C1. The Morgan fingerprint density at radius 2 is 2.15 bits per heavy atom. The fourth-order valence-corrected chi connectivity index (χ4v) is 2.95. The summed E-state index contributed by atoms with van der Waals surface area (Å²) in [4.78, 5) is 11.7. The summed E-state index contributed by atoms with van der Waals surface area (Å²) in [6.45, 7) is 6.78. The van der Waals surface area contributed by atoms with Gasteiger partial charge in [-0.25, -0.2) is 0 Å². The molecule has 1 N–H and O–H groups in total. The number of rotatable bonds is 3. The molecule has 2 aromatic rings. The van der Waals surface area contributed by atoms with Crippen molar-refractivity contribution in [3.63, 3.8) is 0 Å². The molecule has 3 heterocycles. The molecule has 0 aromatic carbocycles. The molecule has 1 fully saturated rings. The average molecular weight is 271 g/mol. The maximum Gasteiger partial charge on any atom is 0.0952 e. The smallest absolute Gasteiger partial charge is 0.0952 e. The van der Waals surface area contributed by atoms with Crippen molar-refractivity contribution < 1.29 is 0 Å². The van der Waals surface area contributed by atoms with Gasteiger partial charge in [0, 0.05) is 42.7 Å². The highest BCUT2D eigenvalue weighted by atomic mass is 15.2. The van der Waals surface area contributed by atoms with Crippen LogP contribution in [-0.4, -0.2) is 44.2 Å². The average Bonchev–Trinajstić information content (AvgIpc) is 3.01. The lowest BCUT2D eigenvalue weighted by molar-refractivity contribution is 0.166. The van der Waals surface area contributed by atoms with Crippen LogP contribution in [0.3, 0.4) is 0 Å². The van der Waals surface area contributed by atoms with Gasteiger partial charge in [-0.15, -0.1) is 0 Å². The molecule has 1 aliphatic heterocycles. The van der Waals surface area contributed by atoms with E-state index in [0.717, 1.165) is 23.5 Å². The summed E-state index contributed by atoms with van der Waals surface area (Å²) in [5.74, 6) is 0.463. The summed E-state index contributed by atoms with van der Waals surface area (Å²) in [7, 11) is 0. The molecule has 3 rings (SSSR count). The minimum atomic E-state index is 0.463. The molecule has 0 spiro atoms. The van der Waals surface area contributed by atoms with Gasteiger partial charge in [-0.1, -0.05) is 0 Å². The van der Waals surface area contributed by atoms with Crippen molar-refractivity contribution in [2.45, 2.75) is 38.6 Å². The quantitative estimate of drug-likeness (QED) is 0.931. The molecule has 0 bridgehead atoms. The van der Waals surface area contributed by atoms with Crippen LogP contribution >= 0.6 is 0 Å². The first-order valence-corrected chi connectivity index (χ1v) is 7.30. The van der Waals surface area contributed by atoms with Crippen molar-refractivity contribution in [1.82, 2.24) is 25.1 Å². The first-order chi connectivity index (χ1) is 9.75. The minimum absolute atomic E-state index is 0.463. The summed E-state index contributed by atoms with van der Waals surface area (Å²) in [5.41, 5.74) is 3.10. The second kappa shape index (κ2) is 5.71. The summed E-state index contributed by atoms with van der Waals surface area (Å²) in [6.07, 6.45) is 9.67. The van der Waals surface area contributed by atoms with Crippen molar-refractivity contribution >= 4 is 0 Å². The van der Waals surface area contributed by atoms with E-state index in [2.05, 4.69) is 38.9 Å². The Balaban J connectivity index is 1.90. The van der Waals surface area contributed by atoms with Gasteiger partial charge in [-0.05, 0) is 33.2 Å². The van der Waals surface area contributed by atoms with Gasteiger partial charge in [0.15, 0.2) is 0 Å². The molecule has 5 nitrogen and oxygen atoms in total. The number of aromatic nitrogens is 4. The van der Waals surface area contributed by atoms with Crippen molar-refractivity contribution in [3.05, 3.63) is 30.5 Å². The lowest BCUT2D eigenvalue weighted by Gasteiger charge is -2.35. The molecule has 20 heavy (non-hydrogen) atoms. The zero-order chi connectivity index (χ0) is 13.9. The monoisotopic (exact) mass is 271 g/mol. The second-order valence-corrected chi connectivity index (χ2v) is 5.71. The number of hydrogen-bond donors (Lipinski definition) is 1. The fourth-order valence-electron chi connectivity index (χ4n) is 2.95. The first kappa shape index (κ1) is 13.2. The van der Waals surface area contributed by atoms with Crippen LogP contribution in [0.4, 0.5) is 0 Å². The van der Waals surface area contributed by atoms with Crippen LogP contribution in [0.1, 0.15) is 38.3 Å². The summed E-state index contributed by atoms with van der Waals surface area (Å²) in [5, 5.41) is 6.88. The minimum Gasteiger partial charge on any atom is -0.300 e. The Kier molecular flexibility index (Phi) is 3.78. The molecule has 1 saturated heterocycles. The molecule has 0 unspecified atom stereocenters. The van der Waals surface area contributed by atoms with Crippen LogP contribution in [0.5, 0.6) is 0 Å². The predicted octanol–water partition coefficient (Wildman–Crippen LogP) is 2.45. The number of nitrogens with zero attached hydrogens (tertiary/aromatic N) is 4. The van der Waals surface area contributed by atoms with E-state index in [1.807, 2.05) is 12.4 Å². The number of likely N-dealkylation sites (tertiary alicyclic amines) is 1. The van der Waals surface area contributed by atoms with E-state index in [1.165, 1.54) is 19.4 Å². The highest BCUT2D eigenvalue weighted by Crippen LogP contribution is 2.31. The van der Waals surface area contributed by atoms with Crippen molar-refractivity contribution in [2.24, 2.45) is 0 Å². The molecule has 2 aromatic heterocycles. The third kappa shape index (κ3) is 2.58. The molecule has 0 radical (unpaired) electrons. The zero-order valence-electron chi connectivity index (χ0n) is 12.1. The summed E-state index contributed by atoms with van der Waals surface area (Å²) in [6, 6.07) is 0.590. The van der Waals surface area contributed by atoms with Gasteiger partial charge in [0.2, 0.25) is 0 Å². The Hall–Kier alpha value is -1.75. The maximum absolute atomic E-state index is 4.62. The van der Waals surface area contributed by atoms with Crippen LogP contribution in [0, 0.1) is 0 Å². The molecule has 0 saturated carbocycles. The third-order valence-electron chi connectivity index (χ3n) is 4.07. The van der Waals surface area contributed by atoms with Crippen LogP contribution in [0.15, 0.2) is 24.8 Å². The molecular weight excluding hydrogens is 250 g/mol. The number of hydrogen-bond acceptors (Lipinski definition) is 4. The molecule has 1 aliphatic rings. The van der Waals surface area contributed by atoms with Gasteiger partial charge in [0.25, 0.3) is 0 Å². The highest BCUT2D eigenvalue weighted by Gasteiger charge is 2.26. The molecule has 0 aliphatic carbocycles.